The molecule has 0 amide bonds. The van der Waals surface area contributed by atoms with Gasteiger partial charge in [-0.2, -0.15) is 8.42 Å². The second kappa shape index (κ2) is 6.85. The molecule has 0 aliphatic carbocycles. The lowest BCUT2D eigenvalue weighted by molar-refractivity contribution is -0.154. The van der Waals surface area contributed by atoms with Crippen molar-refractivity contribution in [3.63, 3.8) is 0 Å². The van der Waals surface area contributed by atoms with Gasteiger partial charge in [0.25, 0.3) is 0 Å². The predicted octanol–water partition coefficient (Wildman–Crippen LogP) is 4.30. The minimum atomic E-state index is -4.08. The van der Waals surface area contributed by atoms with Crippen molar-refractivity contribution in [2.45, 2.75) is 38.7 Å². The third-order valence-electron chi connectivity index (χ3n) is 4.72. The summed E-state index contributed by atoms with van der Waals surface area (Å²) < 4.78 is 36.7. The summed E-state index contributed by atoms with van der Waals surface area (Å²) in [6.45, 7) is 7.00. The van der Waals surface area contributed by atoms with E-state index in [-0.39, 0.29) is 16.2 Å². The molecular formula is C21H22O5S. The summed E-state index contributed by atoms with van der Waals surface area (Å²) in [6.07, 6.45) is -0.655. The van der Waals surface area contributed by atoms with Gasteiger partial charge in [0, 0.05) is 0 Å². The first-order valence-corrected chi connectivity index (χ1v) is 10.0. The highest BCUT2D eigenvalue weighted by atomic mass is 32.2. The van der Waals surface area contributed by atoms with Gasteiger partial charge >= 0.3 is 16.1 Å². The Morgan fingerprint density at radius 1 is 0.963 bits per heavy atom. The third-order valence-corrected chi connectivity index (χ3v) is 5.95. The number of esters is 1. The van der Waals surface area contributed by atoms with Gasteiger partial charge in [0.2, 0.25) is 0 Å². The Morgan fingerprint density at radius 3 is 2.15 bits per heavy atom. The summed E-state index contributed by atoms with van der Waals surface area (Å²) in [5.41, 5.74) is 1.01. The quantitative estimate of drug-likeness (QED) is 0.579. The average Bonchev–Trinajstić information content (AvgIpc) is 2.63. The van der Waals surface area contributed by atoms with Crippen LogP contribution in [0.5, 0.6) is 0 Å². The summed E-state index contributed by atoms with van der Waals surface area (Å²) in [5, 5.41) is 0. The van der Waals surface area contributed by atoms with Gasteiger partial charge < -0.3 is 8.92 Å². The molecule has 0 radical (unpaired) electrons. The molecule has 1 heterocycles. The Balaban J connectivity index is 2.03. The Bertz CT molecular complexity index is 987. The van der Waals surface area contributed by atoms with Crippen LogP contribution >= 0.6 is 0 Å². The fraction of sp³-hybridized carbons (Fsp3) is 0.286. The van der Waals surface area contributed by atoms with Crippen LogP contribution in [0.2, 0.25) is 0 Å². The summed E-state index contributed by atoms with van der Waals surface area (Å²) >= 11 is 0. The number of hydrogen-bond acceptors (Lipinski definition) is 5. The molecule has 0 aromatic heterocycles. The van der Waals surface area contributed by atoms with Gasteiger partial charge in [0.15, 0.2) is 0 Å². The number of rotatable bonds is 4. The van der Waals surface area contributed by atoms with E-state index < -0.39 is 27.6 Å². The highest BCUT2D eigenvalue weighted by Gasteiger charge is 2.46. The van der Waals surface area contributed by atoms with Crippen molar-refractivity contribution in [2.75, 3.05) is 0 Å². The van der Waals surface area contributed by atoms with E-state index in [0.29, 0.717) is 0 Å². The van der Waals surface area contributed by atoms with E-state index in [0.717, 1.165) is 11.1 Å². The van der Waals surface area contributed by atoms with Crippen molar-refractivity contribution in [3.8, 4) is 0 Å². The van der Waals surface area contributed by atoms with Crippen LogP contribution in [0.25, 0.3) is 0 Å². The minimum absolute atomic E-state index is 0.0411. The molecule has 2 aromatic carbocycles. The van der Waals surface area contributed by atoms with Gasteiger partial charge in [0.1, 0.15) is 16.8 Å². The number of benzene rings is 2. The Morgan fingerprint density at radius 2 is 1.56 bits per heavy atom. The van der Waals surface area contributed by atoms with Crippen LogP contribution in [-0.4, -0.2) is 14.4 Å². The van der Waals surface area contributed by atoms with Crippen LogP contribution in [0.1, 0.15) is 38.0 Å². The molecular weight excluding hydrogens is 364 g/mol. The maximum Gasteiger partial charge on any atom is 0.338 e. The minimum Gasteiger partial charge on any atom is -0.453 e. The van der Waals surface area contributed by atoms with E-state index >= 15 is 0 Å². The van der Waals surface area contributed by atoms with Crippen molar-refractivity contribution >= 4 is 16.1 Å². The zero-order valence-electron chi connectivity index (χ0n) is 15.7. The van der Waals surface area contributed by atoms with Gasteiger partial charge in [-0.3, -0.25) is 0 Å². The number of aryl methyl sites for hydroxylation is 1. The van der Waals surface area contributed by atoms with E-state index in [2.05, 4.69) is 0 Å². The van der Waals surface area contributed by atoms with E-state index in [4.69, 9.17) is 8.92 Å². The number of ether oxygens (including phenoxy) is 1. The Hall–Kier alpha value is -2.60. The molecule has 0 saturated heterocycles. The summed E-state index contributed by atoms with van der Waals surface area (Å²) in [7, 11) is -4.08. The van der Waals surface area contributed by atoms with Crippen LogP contribution in [-0.2, 0) is 23.8 Å². The lowest BCUT2D eigenvalue weighted by Crippen LogP contribution is -2.37. The molecule has 0 spiro atoms. The number of hydrogen-bond donors (Lipinski definition) is 0. The molecule has 1 atom stereocenters. The standard InChI is InChI=1S/C21H22O5S/c1-14-10-12-17(13-11-14)27(23,24)26-18-15(2)20(22)25-19(21(18,3)4)16-8-6-5-7-9-16/h5-13,19H,1-4H3/t19-/m1/s1. The van der Waals surface area contributed by atoms with E-state index in [1.165, 1.54) is 19.1 Å². The third kappa shape index (κ3) is 3.62. The summed E-state index contributed by atoms with van der Waals surface area (Å²) in [4.78, 5) is 12.4. The lowest BCUT2D eigenvalue weighted by atomic mass is 9.77. The summed E-state index contributed by atoms with van der Waals surface area (Å²) in [6, 6.07) is 15.6. The largest absolute Gasteiger partial charge is 0.453 e. The first-order chi connectivity index (χ1) is 12.6. The second-order valence-electron chi connectivity index (χ2n) is 7.22. The normalized spacial score (nSPS) is 19.6. The SMILES string of the molecule is CC1=C(OS(=O)(=O)c2ccc(C)cc2)C(C)(C)[C@@H](c2ccccc2)OC1=O. The van der Waals surface area contributed by atoms with Crippen molar-refractivity contribution in [2.24, 2.45) is 5.41 Å². The van der Waals surface area contributed by atoms with Gasteiger partial charge in [-0.25, -0.2) is 4.79 Å². The fourth-order valence-electron chi connectivity index (χ4n) is 3.18. The average molecular weight is 386 g/mol. The molecule has 0 saturated carbocycles. The monoisotopic (exact) mass is 386 g/mol. The van der Waals surface area contributed by atoms with E-state index in [1.54, 1.807) is 26.0 Å². The van der Waals surface area contributed by atoms with Crippen molar-refractivity contribution in [1.82, 2.24) is 0 Å². The molecule has 1 aliphatic heterocycles. The van der Waals surface area contributed by atoms with Crippen LogP contribution in [0.3, 0.4) is 0 Å². The molecule has 2 aromatic rings. The summed E-state index contributed by atoms with van der Waals surface area (Å²) in [5.74, 6) is -0.481. The van der Waals surface area contributed by atoms with Crippen molar-refractivity contribution in [1.29, 1.82) is 0 Å². The molecule has 0 bridgehead atoms. The topological polar surface area (TPSA) is 69.7 Å². The van der Waals surface area contributed by atoms with Gasteiger partial charge in [-0.1, -0.05) is 48.0 Å². The van der Waals surface area contributed by atoms with Crippen molar-refractivity contribution in [3.05, 3.63) is 77.1 Å². The molecule has 0 N–H and O–H groups in total. The zero-order chi connectivity index (χ0) is 19.8. The molecule has 0 unspecified atom stereocenters. The highest BCUT2D eigenvalue weighted by molar-refractivity contribution is 7.86. The molecule has 0 fully saturated rings. The lowest BCUT2D eigenvalue weighted by Gasteiger charge is -2.39. The fourth-order valence-corrected chi connectivity index (χ4v) is 4.31. The number of cyclic esters (lactones) is 1. The maximum atomic E-state index is 12.8. The Kier molecular flexibility index (Phi) is 4.86. The molecule has 142 valence electrons. The first kappa shape index (κ1) is 19.2. The van der Waals surface area contributed by atoms with Crippen LogP contribution < -0.4 is 0 Å². The molecule has 6 heteroatoms. The smallest absolute Gasteiger partial charge is 0.338 e. The first-order valence-electron chi connectivity index (χ1n) is 8.61. The van der Waals surface area contributed by atoms with Crippen LogP contribution in [0, 0.1) is 12.3 Å². The molecule has 5 nitrogen and oxygen atoms in total. The van der Waals surface area contributed by atoms with Gasteiger partial charge in [0.05, 0.1) is 11.0 Å². The zero-order valence-corrected chi connectivity index (χ0v) is 16.5. The van der Waals surface area contributed by atoms with Gasteiger partial charge in [-0.15, -0.1) is 0 Å². The van der Waals surface area contributed by atoms with E-state index in [9.17, 15) is 13.2 Å². The number of carbonyl (C=O) groups is 1. The number of carbonyl (C=O) groups excluding carboxylic acids is 1. The molecule has 27 heavy (non-hydrogen) atoms. The Labute approximate surface area is 159 Å². The van der Waals surface area contributed by atoms with Crippen LogP contribution in [0.15, 0.2) is 70.8 Å². The molecule has 1 aliphatic rings. The maximum absolute atomic E-state index is 12.8. The van der Waals surface area contributed by atoms with E-state index in [1.807, 2.05) is 37.3 Å². The predicted molar refractivity (Wildman–Crippen MR) is 101 cm³/mol. The van der Waals surface area contributed by atoms with Crippen LogP contribution in [0.4, 0.5) is 0 Å². The second-order valence-corrected chi connectivity index (χ2v) is 8.77. The highest BCUT2D eigenvalue weighted by Crippen LogP contribution is 2.48. The van der Waals surface area contributed by atoms with Gasteiger partial charge in [-0.05, 0) is 45.4 Å². The van der Waals surface area contributed by atoms with Crippen molar-refractivity contribution < 1.29 is 22.1 Å². The molecule has 3 rings (SSSR count).